The Hall–Kier alpha value is -3.07. The molecule has 1 N–H and O–H groups in total. The zero-order valence-corrected chi connectivity index (χ0v) is 16.7. The molecule has 0 atom stereocenters. The standard InChI is InChI=1S/C20H26N4O5/c1-27-16-4-3-15(13-17(16)28-2)7-8-21-19(25)14-24-20(26)6-5-18(22-24)23-9-11-29-12-10-23/h3-6,13H,7-12,14H2,1-2H3,(H,21,25). The number of nitrogens with one attached hydrogen (secondary N) is 1. The number of methoxy groups -OCH3 is 2. The Labute approximate surface area is 169 Å². The van der Waals surface area contributed by atoms with Crippen LogP contribution in [0.15, 0.2) is 35.1 Å². The van der Waals surface area contributed by atoms with Crippen LogP contribution in [0.1, 0.15) is 5.56 Å². The van der Waals surface area contributed by atoms with Gasteiger partial charge in [-0.2, -0.15) is 5.10 Å². The maximum Gasteiger partial charge on any atom is 0.267 e. The smallest absolute Gasteiger partial charge is 0.267 e. The van der Waals surface area contributed by atoms with Gasteiger partial charge in [-0.05, 0) is 30.2 Å². The number of aromatic nitrogens is 2. The molecule has 1 saturated heterocycles. The molecule has 1 aliphatic rings. The van der Waals surface area contributed by atoms with Crippen LogP contribution in [0.3, 0.4) is 0 Å². The van der Waals surface area contributed by atoms with Crippen LogP contribution in [0.5, 0.6) is 11.5 Å². The summed E-state index contributed by atoms with van der Waals surface area (Å²) < 4.78 is 17.0. The number of nitrogens with zero attached hydrogens (tertiary/aromatic N) is 3. The first-order chi connectivity index (χ1) is 14.1. The lowest BCUT2D eigenvalue weighted by Crippen LogP contribution is -2.39. The number of morpholine rings is 1. The summed E-state index contributed by atoms with van der Waals surface area (Å²) in [6, 6.07) is 8.75. The van der Waals surface area contributed by atoms with E-state index in [0.717, 1.165) is 5.56 Å². The molecule has 1 fully saturated rings. The maximum absolute atomic E-state index is 12.3. The predicted octanol–water partition coefficient (Wildman–Crippen LogP) is 0.456. The second-order valence-corrected chi connectivity index (χ2v) is 6.58. The van der Waals surface area contributed by atoms with Gasteiger partial charge in [0.05, 0.1) is 27.4 Å². The number of carbonyl (C=O) groups is 1. The summed E-state index contributed by atoms with van der Waals surface area (Å²) in [6.07, 6.45) is 0.627. The second-order valence-electron chi connectivity index (χ2n) is 6.58. The summed E-state index contributed by atoms with van der Waals surface area (Å²) in [4.78, 5) is 26.4. The van der Waals surface area contributed by atoms with Crippen molar-refractivity contribution in [3.05, 3.63) is 46.2 Å². The van der Waals surface area contributed by atoms with Crippen molar-refractivity contribution in [2.75, 3.05) is 52.0 Å². The van der Waals surface area contributed by atoms with E-state index in [9.17, 15) is 9.59 Å². The molecular formula is C20H26N4O5. The van der Waals surface area contributed by atoms with Crippen LogP contribution in [0.25, 0.3) is 0 Å². The number of amides is 1. The second kappa shape index (κ2) is 9.92. The third-order valence-corrected chi connectivity index (χ3v) is 4.66. The van der Waals surface area contributed by atoms with Gasteiger partial charge in [0.25, 0.3) is 5.56 Å². The summed E-state index contributed by atoms with van der Waals surface area (Å²) in [5, 5.41) is 7.15. The summed E-state index contributed by atoms with van der Waals surface area (Å²) in [6.45, 7) is 2.98. The molecule has 0 radical (unpaired) electrons. The molecule has 0 spiro atoms. The van der Waals surface area contributed by atoms with Crippen molar-refractivity contribution in [2.24, 2.45) is 0 Å². The Morgan fingerprint density at radius 3 is 2.62 bits per heavy atom. The van der Waals surface area contributed by atoms with Gasteiger partial charge in [-0.3, -0.25) is 9.59 Å². The monoisotopic (exact) mass is 402 g/mol. The first kappa shape index (κ1) is 20.7. The molecule has 1 aliphatic heterocycles. The topological polar surface area (TPSA) is 94.9 Å². The van der Waals surface area contributed by atoms with Gasteiger partial charge >= 0.3 is 0 Å². The van der Waals surface area contributed by atoms with Crippen LogP contribution in [0.2, 0.25) is 0 Å². The lowest BCUT2D eigenvalue weighted by atomic mass is 10.1. The third-order valence-electron chi connectivity index (χ3n) is 4.66. The molecule has 1 aromatic carbocycles. The highest BCUT2D eigenvalue weighted by atomic mass is 16.5. The van der Waals surface area contributed by atoms with E-state index >= 15 is 0 Å². The number of anilines is 1. The first-order valence-corrected chi connectivity index (χ1v) is 9.49. The fourth-order valence-corrected chi connectivity index (χ4v) is 3.09. The molecule has 156 valence electrons. The third kappa shape index (κ3) is 5.47. The van der Waals surface area contributed by atoms with Gasteiger partial charge in [-0.15, -0.1) is 0 Å². The fraction of sp³-hybridized carbons (Fsp3) is 0.450. The van der Waals surface area contributed by atoms with E-state index in [4.69, 9.17) is 14.2 Å². The summed E-state index contributed by atoms with van der Waals surface area (Å²) in [7, 11) is 3.17. The first-order valence-electron chi connectivity index (χ1n) is 9.49. The van der Waals surface area contributed by atoms with Crippen molar-refractivity contribution in [3.63, 3.8) is 0 Å². The molecule has 2 aromatic rings. The van der Waals surface area contributed by atoms with E-state index in [1.807, 2.05) is 23.1 Å². The van der Waals surface area contributed by atoms with Crippen LogP contribution in [0.4, 0.5) is 5.82 Å². The molecule has 0 unspecified atom stereocenters. The lowest BCUT2D eigenvalue weighted by Gasteiger charge is -2.27. The Morgan fingerprint density at radius 1 is 1.14 bits per heavy atom. The zero-order valence-electron chi connectivity index (χ0n) is 16.7. The molecular weight excluding hydrogens is 376 g/mol. The molecule has 9 heteroatoms. The minimum absolute atomic E-state index is 0.122. The number of carbonyl (C=O) groups excluding carboxylic acids is 1. The number of hydrogen-bond donors (Lipinski definition) is 1. The Morgan fingerprint density at radius 2 is 1.90 bits per heavy atom. The zero-order chi connectivity index (χ0) is 20.6. The maximum atomic E-state index is 12.3. The largest absolute Gasteiger partial charge is 0.493 e. The minimum atomic E-state index is -0.308. The Kier molecular flexibility index (Phi) is 7.07. The van der Waals surface area contributed by atoms with Gasteiger partial charge < -0.3 is 24.4 Å². The van der Waals surface area contributed by atoms with Crippen molar-refractivity contribution in [1.82, 2.24) is 15.1 Å². The quantitative estimate of drug-likeness (QED) is 0.685. The van der Waals surface area contributed by atoms with Gasteiger partial charge in [-0.1, -0.05) is 6.07 Å². The van der Waals surface area contributed by atoms with E-state index in [0.29, 0.717) is 56.6 Å². The SMILES string of the molecule is COc1ccc(CCNC(=O)Cn2nc(N3CCOCC3)ccc2=O)cc1OC. The van der Waals surface area contributed by atoms with Gasteiger partial charge in [0, 0.05) is 25.7 Å². The van der Waals surface area contributed by atoms with E-state index in [1.165, 1.54) is 10.7 Å². The van der Waals surface area contributed by atoms with Crippen molar-refractivity contribution >= 4 is 11.7 Å². The highest BCUT2D eigenvalue weighted by Crippen LogP contribution is 2.27. The summed E-state index contributed by atoms with van der Waals surface area (Å²) >= 11 is 0. The van der Waals surface area contributed by atoms with Gasteiger partial charge in [0.2, 0.25) is 5.91 Å². The molecule has 29 heavy (non-hydrogen) atoms. The number of benzene rings is 1. The van der Waals surface area contributed by atoms with Crippen LogP contribution in [-0.2, 0) is 22.5 Å². The van der Waals surface area contributed by atoms with Crippen molar-refractivity contribution < 1.29 is 19.0 Å². The average Bonchev–Trinajstić information content (AvgIpc) is 2.75. The molecule has 9 nitrogen and oxygen atoms in total. The number of rotatable bonds is 8. The molecule has 0 bridgehead atoms. The van der Waals surface area contributed by atoms with Crippen LogP contribution < -0.4 is 25.2 Å². The molecule has 1 amide bonds. The van der Waals surface area contributed by atoms with E-state index in [2.05, 4.69) is 10.4 Å². The molecule has 2 heterocycles. The van der Waals surface area contributed by atoms with E-state index in [1.54, 1.807) is 20.3 Å². The van der Waals surface area contributed by atoms with E-state index in [-0.39, 0.29) is 18.0 Å². The van der Waals surface area contributed by atoms with Crippen molar-refractivity contribution in [3.8, 4) is 11.5 Å². The normalized spacial score (nSPS) is 13.8. The Bertz CT molecular complexity index is 893. The minimum Gasteiger partial charge on any atom is -0.493 e. The summed E-state index contributed by atoms with van der Waals surface area (Å²) in [5.74, 6) is 1.71. The molecule has 3 rings (SSSR count). The van der Waals surface area contributed by atoms with Crippen molar-refractivity contribution in [2.45, 2.75) is 13.0 Å². The van der Waals surface area contributed by atoms with Gasteiger partial charge in [-0.25, -0.2) is 4.68 Å². The Balaban J connectivity index is 1.55. The lowest BCUT2D eigenvalue weighted by molar-refractivity contribution is -0.121. The molecule has 0 aliphatic carbocycles. The number of ether oxygens (including phenoxy) is 3. The average molecular weight is 402 g/mol. The highest BCUT2D eigenvalue weighted by Gasteiger charge is 2.14. The van der Waals surface area contributed by atoms with Crippen LogP contribution >= 0.6 is 0 Å². The number of hydrogen-bond acceptors (Lipinski definition) is 7. The summed E-state index contributed by atoms with van der Waals surface area (Å²) in [5.41, 5.74) is 0.699. The van der Waals surface area contributed by atoms with Crippen LogP contribution in [0, 0.1) is 0 Å². The molecule has 0 saturated carbocycles. The van der Waals surface area contributed by atoms with Crippen LogP contribution in [-0.4, -0.2) is 62.8 Å². The predicted molar refractivity (Wildman–Crippen MR) is 108 cm³/mol. The van der Waals surface area contributed by atoms with Gasteiger partial charge in [0.15, 0.2) is 11.5 Å². The molecule has 1 aromatic heterocycles. The van der Waals surface area contributed by atoms with Gasteiger partial charge in [0.1, 0.15) is 12.4 Å². The highest BCUT2D eigenvalue weighted by molar-refractivity contribution is 5.75. The van der Waals surface area contributed by atoms with E-state index < -0.39 is 0 Å². The fourth-order valence-electron chi connectivity index (χ4n) is 3.09. The van der Waals surface area contributed by atoms with Crippen molar-refractivity contribution in [1.29, 1.82) is 0 Å².